The molecular formula is C20H23ClN2O4S. The summed E-state index contributed by atoms with van der Waals surface area (Å²) in [7, 11) is -3.41. The van der Waals surface area contributed by atoms with E-state index in [1.807, 2.05) is 0 Å². The zero-order valence-corrected chi connectivity index (χ0v) is 17.0. The molecule has 1 heterocycles. The monoisotopic (exact) mass is 422 g/mol. The molecule has 0 radical (unpaired) electrons. The van der Waals surface area contributed by atoms with Gasteiger partial charge in [0.1, 0.15) is 5.75 Å². The number of rotatable bonds is 8. The highest BCUT2D eigenvalue weighted by Crippen LogP contribution is 2.21. The quantitative estimate of drug-likeness (QED) is 0.708. The summed E-state index contributed by atoms with van der Waals surface area (Å²) in [6.07, 6.45) is 2.03. The summed E-state index contributed by atoms with van der Waals surface area (Å²) in [6.45, 7) is 1.74. The molecule has 1 fully saturated rings. The molecular weight excluding hydrogens is 400 g/mol. The molecule has 150 valence electrons. The topological polar surface area (TPSA) is 75.7 Å². The molecule has 28 heavy (non-hydrogen) atoms. The fraction of sp³-hybridized carbons (Fsp3) is 0.350. The first kappa shape index (κ1) is 20.6. The largest absolute Gasteiger partial charge is 0.493 e. The Bertz CT molecular complexity index is 910. The third-order valence-electron chi connectivity index (χ3n) is 4.51. The van der Waals surface area contributed by atoms with Crippen LogP contribution in [0.1, 0.15) is 24.8 Å². The molecule has 8 heteroatoms. The van der Waals surface area contributed by atoms with Crippen LogP contribution < -0.4 is 10.1 Å². The second-order valence-electron chi connectivity index (χ2n) is 6.59. The second-order valence-corrected chi connectivity index (χ2v) is 8.96. The Morgan fingerprint density at radius 1 is 1.11 bits per heavy atom. The molecule has 0 saturated carbocycles. The number of halogens is 1. The number of nitrogens with zero attached hydrogens (tertiary/aromatic N) is 1. The molecule has 1 aliphatic heterocycles. The minimum absolute atomic E-state index is 0.143. The number of benzene rings is 2. The number of carbonyl (C=O) groups excluding carboxylic acids is 1. The van der Waals surface area contributed by atoms with Gasteiger partial charge in [0.25, 0.3) is 0 Å². The van der Waals surface area contributed by atoms with Crippen LogP contribution in [0.25, 0.3) is 0 Å². The summed E-state index contributed by atoms with van der Waals surface area (Å²) in [6, 6.07) is 13.7. The first-order valence-electron chi connectivity index (χ1n) is 9.19. The molecule has 0 aromatic heterocycles. The van der Waals surface area contributed by atoms with Gasteiger partial charge >= 0.3 is 0 Å². The number of nitrogens with one attached hydrogen (secondary N) is 1. The normalized spacial score (nSPS) is 14.8. The van der Waals surface area contributed by atoms with Gasteiger partial charge in [-0.3, -0.25) is 4.79 Å². The average Bonchev–Trinajstić information content (AvgIpc) is 3.22. The number of amides is 1. The van der Waals surface area contributed by atoms with Gasteiger partial charge in [-0.25, -0.2) is 8.42 Å². The van der Waals surface area contributed by atoms with Gasteiger partial charge in [-0.1, -0.05) is 29.8 Å². The first-order valence-corrected chi connectivity index (χ1v) is 11.0. The SMILES string of the molecule is O=C(CCOc1cccc(Cl)c1)NCc1ccc(S(=O)(=O)N2CCCC2)cc1. The van der Waals surface area contributed by atoms with Crippen molar-refractivity contribution in [2.75, 3.05) is 19.7 Å². The average molecular weight is 423 g/mol. The van der Waals surface area contributed by atoms with Crippen molar-refractivity contribution < 1.29 is 17.9 Å². The second kappa shape index (κ2) is 9.41. The third kappa shape index (κ3) is 5.47. The molecule has 2 aromatic rings. The molecule has 0 atom stereocenters. The van der Waals surface area contributed by atoms with Crippen molar-refractivity contribution >= 4 is 27.5 Å². The van der Waals surface area contributed by atoms with Gasteiger partial charge in [0, 0.05) is 24.7 Å². The van der Waals surface area contributed by atoms with E-state index in [1.54, 1.807) is 48.5 Å². The first-order chi connectivity index (χ1) is 13.4. The lowest BCUT2D eigenvalue weighted by molar-refractivity contribution is -0.121. The maximum absolute atomic E-state index is 12.5. The van der Waals surface area contributed by atoms with E-state index in [0.717, 1.165) is 18.4 Å². The molecule has 3 rings (SSSR count). The van der Waals surface area contributed by atoms with Crippen LogP contribution in [0.3, 0.4) is 0 Å². The van der Waals surface area contributed by atoms with E-state index >= 15 is 0 Å². The van der Waals surface area contributed by atoms with Crippen LogP contribution in [0.4, 0.5) is 0 Å². The Hall–Kier alpha value is -2.09. The zero-order chi connectivity index (χ0) is 20.0. The van der Waals surface area contributed by atoms with Crippen LogP contribution >= 0.6 is 11.6 Å². The van der Waals surface area contributed by atoms with Crippen molar-refractivity contribution in [3.63, 3.8) is 0 Å². The lowest BCUT2D eigenvalue weighted by Gasteiger charge is -2.15. The van der Waals surface area contributed by atoms with Gasteiger partial charge in [0.05, 0.1) is 17.9 Å². The minimum Gasteiger partial charge on any atom is -0.493 e. The highest BCUT2D eigenvalue weighted by atomic mass is 35.5. The van der Waals surface area contributed by atoms with Gasteiger partial charge in [-0.15, -0.1) is 0 Å². The van der Waals surface area contributed by atoms with E-state index in [0.29, 0.717) is 35.3 Å². The summed E-state index contributed by atoms with van der Waals surface area (Å²) in [4.78, 5) is 12.2. The van der Waals surface area contributed by atoms with E-state index < -0.39 is 10.0 Å². The molecule has 1 amide bonds. The summed E-state index contributed by atoms with van der Waals surface area (Å²) in [5.41, 5.74) is 0.837. The Labute approximate surface area is 170 Å². The van der Waals surface area contributed by atoms with Gasteiger partial charge in [0.2, 0.25) is 15.9 Å². The summed E-state index contributed by atoms with van der Waals surface area (Å²) >= 11 is 5.88. The van der Waals surface area contributed by atoms with Crippen LogP contribution in [-0.4, -0.2) is 38.3 Å². The third-order valence-corrected chi connectivity index (χ3v) is 6.66. The van der Waals surface area contributed by atoms with Crippen LogP contribution in [0.2, 0.25) is 5.02 Å². The maximum Gasteiger partial charge on any atom is 0.243 e. The van der Waals surface area contributed by atoms with Crippen LogP contribution in [0.5, 0.6) is 5.75 Å². The number of ether oxygens (including phenoxy) is 1. The van der Waals surface area contributed by atoms with Crippen LogP contribution in [-0.2, 0) is 21.4 Å². The fourth-order valence-corrected chi connectivity index (χ4v) is 4.66. The minimum atomic E-state index is -3.41. The number of sulfonamides is 1. The summed E-state index contributed by atoms with van der Waals surface area (Å²) in [5.74, 6) is 0.478. The highest BCUT2D eigenvalue weighted by Gasteiger charge is 2.26. The van der Waals surface area contributed by atoms with E-state index in [1.165, 1.54) is 4.31 Å². The van der Waals surface area contributed by atoms with E-state index in [4.69, 9.17) is 16.3 Å². The smallest absolute Gasteiger partial charge is 0.243 e. The zero-order valence-electron chi connectivity index (χ0n) is 15.4. The molecule has 0 aliphatic carbocycles. The Morgan fingerprint density at radius 2 is 1.82 bits per heavy atom. The van der Waals surface area contributed by atoms with Crippen molar-refractivity contribution in [2.24, 2.45) is 0 Å². The van der Waals surface area contributed by atoms with Crippen molar-refractivity contribution in [3.05, 3.63) is 59.1 Å². The van der Waals surface area contributed by atoms with Crippen molar-refractivity contribution in [2.45, 2.75) is 30.7 Å². The molecule has 2 aromatic carbocycles. The predicted octanol–water partition coefficient (Wildman–Crippen LogP) is 3.21. The molecule has 0 bridgehead atoms. The van der Waals surface area contributed by atoms with Gasteiger partial charge in [0.15, 0.2) is 0 Å². The molecule has 6 nitrogen and oxygen atoms in total. The number of carbonyl (C=O) groups is 1. The molecule has 1 N–H and O–H groups in total. The van der Waals surface area contributed by atoms with Gasteiger partial charge < -0.3 is 10.1 Å². The Kier molecular flexibility index (Phi) is 6.93. The molecule has 1 aliphatic rings. The van der Waals surface area contributed by atoms with E-state index in [2.05, 4.69) is 5.32 Å². The van der Waals surface area contributed by atoms with Crippen molar-refractivity contribution in [1.29, 1.82) is 0 Å². The molecule has 1 saturated heterocycles. The Balaban J connectivity index is 1.44. The summed E-state index contributed by atoms with van der Waals surface area (Å²) < 4.78 is 32.0. The highest BCUT2D eigenvalue weighted by molar-refractivity contribution is 7.89. The predicted molar refractivity (Wildman–Crippen MR) is 108 cm³/mol. The lowest BCUT2D eigenvalue weighted by Crippen LogP contribution is -2.28. The number of hydrogen-bond donors (Lipinski definition) is 1. The standard InChI is InChI=1S/C20H23ClN2O4S/c21-17-4-3-5-18(14-17)27-13-10-20(24)22-15-16-6-8-19(9-7-16)28(25,26)23-11-1-2-12-23/h3-9,14H,1-2,10-13,15H2,(H,22,24). The van der Waals surface area contributed by atoms with E-state index in [-0.39, 0.29) is 18.9 Å². The van der Waals surface area contributed by atoms with Gasteiger partial charge in [-0.05, 0) is 48.7 Å². The van der Waals surface area contributed by atoms with E-state index in [9.17, 15) is 13.2 Å². The molecule has 0 unspecified atom stereocenters. The van der Waals surface area contributed by atoms with Crippen molar-refractivity contribution in [1.82, 2.24) is 9.62 Å². The number of hydrogen-bond acceptors (Lipinski definition) is 4. The maximum atomic E-state index is 12.5. The van der Waals surface area contributed by atoms with Crippen LogP contribution in [0.15, 0.2) is 53.4 Å². The summed E-state index contributed by atoms with van der Waals surface area (Å²) in [5, 5.41) is 3.39. The Morgan fingerprint density at radius 3 is 2.50 bits per heavy atom. The van der Waals surface area contributed by atoms with Gasteiger partial charge in [-0.2, -0.15) is 4.31 Å². The fourth-order valence-electron chi connectivity index (χ4n) is 2.96. The lowest BCUT2D eigenvalue weighted by atomic mass is 10.2. The van der Waals surface area contributed by atoms with Crippen molar-refractivity contribution in [3.8, 4) is 5.75 Å². The molecule has 0 spiro atoms. The van der Waals surface area contributed by atoms with Crippen LogP contribution in [0, 0.1) is 0 Å².